The summed E-state index contributed by atoms with van der Waals surface area (Å²) in [5.41, 5.74) is 1.78. The number of carbonyl (C=O) groups excluding carboxylic acids is 1. The summed E-state index contributed by atoms with van der Waals surface area (Å²) in [6.07, 6.45) is 4.39. The Hall–Kier alpha value is -1.99. The van der Waals surface area contributed by atoms with E-state index in [0.717, 1.165) is 43.4 Å². The number of aliphatic hydroxyl groups is 1. The van der Waals surface area contributed by atoms with Crippen LogP contribution in [0.1, 0.15) is 35.3 Å². The normalized spacial score (nSPS) is 25.5. The average molecular weight is 330 g/mol. The second kappa shape index (κ2) is 6.14. The van der Waals surface area contributed by atoms with Gasteiger partial charge in [0.25, 0.3) is 11.6 Å². The minimum Gasteiger partial charge on any atom is -0.391 e. The first-order valence-electron chi connectivity index (χ1n) is 8.57. The molecule has 2 aromatic heterocycles. The molecule has 0 radical (unpaired) electrons. The number of aryl methyl sites for hydroxylation is 1. The van der Waals surface area contributed by atoms with Gasteiger partial charge in [0.15, 0.2) is 0 Å². The SMILES string of the molecule is Cc1noc2ncc(C(=O)N3CCN([C@@H]4CCC[C@H]4O)CC3)cc12. The number of carbonyl (C=O) groups is 1. The van der Waals surface area contributed by atoms with E-state index in [4.69, 9.17) is 4.52 Å². The Bertz CT molecular complexity index is 751. The smallest absolute Gasteiger partial charge is 0.257 e. The summed E-state index contributed by atoms with van der Waals surface area (Å²) < 4.78 is 5.09. The van der Waals surface area contributed by atoms with Crippen LogP contribution in [-0.4, -0.2) is 69.3 Å². The molecule has 0 spiro atoms. The third kappa shape index (κ3) is 2.67. The van der Waals surface area contributed by atoms with Crippen LogP contribution in [-0.2, 0) is 0 Å². The number of rotatable bonds is 2. The van der Waals surface area contributed by atoms with Crippen molar-refractivity contribution in [3.8, 4) is 0 Å². The van der Waals surface area contributed by atoms with Crippen molar-refractivity contribution in [2.45, 2.75) is 38.3 Å². The van der Waals surface area contributed by atoms with Crippen LogP contribution >= 0.6 is 0 Å². The fraction of sp³-hybridized carbons (Fsp3) is 0.588. The van der Waals surface area contributed by atoms with Crippen molar-refractivity contribution < 1.29 is 14.4 Å². The summed E-state index contributed by atoms with van der Waals surface area (Å²) in [5.74, 6) is -0.00313. The minimum atomic E-state index is -0.213. The van der Waals surface area contributed by atoms with Crippen LogP contribution in [0.4, 0.5) is 0 Å². The number of fused-ring (bicyclic) bond motifs is 1. The van der Waals surface area contributed by atoms with Gasteiger partial charge < -0.3 is 14.5 Å². The Balaban J connectivity index is 1.44. The van der Waals surface area contributed by atoms with Crippen molar-refractivity contribution in [1.82, 2.24) is 19.9 Å². The van der Waals surface area contributed by atoms with Crippen molar-refractivity contribution >= 4 is 17.0 Å². The molecule has 1 saturated carbocycles. The number of nitrogens with zero attached hydrogens (tertiary/aromatic N) is 4. The van der Waals surface area contributed by atoms with Gasteiger partial charge in [0.2, 0.25) is 0 Å². The van der Waals surface area contributed by atoms with Crippen LogP contribution in [0.15, 0.2) is 16.8 Å². The van der Waals surface area contributed by atoms with Gasteiger partial charge >= 0.3 is 0 Å². The predicted octanol–water partition coefficient (Wildman–Crippen LogP) is 1.20. The van der Waals surface area contributed by atoms with Gasteiger partial charge in [-0.15, -0.1) is 0 Å². The van der Waals surface area contributed by atoms with Crippen molar-refractivity contribution in [2.24, 2.45) is 0 Å². The van der Waals surface area contributed by atoms with E-state index in [1.807, 2.05) is 17.9 Å². The number of piperazine rings is 1. The molecule has 4 rings (SSSR count). The summed E-state index contributed by atoms with van der Waals surface area (Å²) >= 11 is 0. The molecule has 0 aromatic carbocycles. The summed E-state index contributed by atoms with van der Waals surface area (Å²) in [4.78, 5) is 21.1. The van der Waals surface area contributed by atoms with Crippen LogP contribution in [0.2, 0.25) is 0 Å². The van der Waals surface area contributed by atoms with E-state index in [1.54, 1.807) is 6.20 Å². The van der Waals surface area contributed by atoms with E-state index in [9.17, 15) is 9.90 Å². The molecule has 2 aromatic rings. The number of amides is 1. The van der Waals surface area contributed by atoms with Crippen LogP contribution in [0.25, 0.3) is 11.1 Å². The molecule has 0 unspecified atom stereocenters. The van der Waals surface area contributed by atoms with E-state index >= 15 is 0 Å². The zero-order valence-electron chi connectivity index (χ0n) is 13.8. The number of pyridine rings is 1. The zero-order chi connectivity index (χ0) is 16.7. The summed E-state index contributed by atoms with van der Waals surface area (Å²) in [6, 6.07) is 2.07. The molecular weight excluding hydrogens is 308 g/mol. The van der Waals surface area contributed by atoms with Gasteiger partial charge in [-0.3, -0.25) is 9.69 Å². The highest BCUT2D eigenvalue weighted by molar-refractivity contribution is 5.97. The van der Waals surface area contributed by atoms with Gasteiger partial charge in [0.05, 0.1) is 22.7 Å². The highest BCUT2D eigenvalue weighted by Crippen LogP contribution is 2.25. The standard InChI is InChI=1S/C17H22N4O3/c1-11-13-9-12(10-18-16(13)24-19-11)17(23)21-7-5-20(6-8-21)14-3-2-4-15(14)22/h9-10,14-15,22H,2-8H2,1H3/t14-,15-/m1/s1. The molecule has 1 amide bonds. The molecule has 128 valence electrons. The molecule has 7 heteroatoms. The monoisotopic (exact) mass is 330 g/mol. The van der Waals surface area contributed by atoms with Gasteiger partial charge in [-0.25, -0.2) is 4.98 Å². The van der Waals surface area contributed by atoms with E-state index in [2.05, 4.69) is 15.0 Å². The molecule has 3 heterocycles. The largest absolute Gasteiger partial charge is 0.391 e. The summed E-state index contributed by atoms with van der Waals surface area (Å²) in [6.45, 7) is 4.84. The van der Waals surface area contributed by atoms with Gasteiger partial charge in [-0.05, 0) is 32.3 Å². The first-order valence-corrected chi connectivity index (χ1v) is 8.57. The fourth-order valence-electron chi connectivity index (χ4n) is 3.85. The average Bonchev–Trinajstić information content (AvgIpc) is 3.20. The Morgan fingerprint density at radius 1 is 1.29 bits per heavy atom. The first-order chi connectivity index (χ1) is 11.6. The maximum absolute atomic E-state index is 12.7. The van der Waals surface area contributed by atoms with E-state index < -0.39 is 0 Å². The number of aliphatic hydroxyl groups excluding tert-OH is 1. The lowest BCUT2D eigenvalue weighted by molar-refractivity contribution is 0.0315. The highest BCUT2D eigenvalue weighted by Gasteiger charge is 2.33. The Labute approximate surface area is 140 Å². The molecule has 2 aliphatic rings. The van der Waals surface area contributed by atoms with Crippen LogP contribution in [0.5, 0.6) is 0 Å². The second-order valence-electron chi connectivity index (χ2n) is 6.74. The Morgan fingerprint density at radius 2 is 2.08 bits per heavy atom. The third-order valence-corrected chi connectivity index (χ3v) is 5.27. The number of hydrogen-bond donors (Lipinski definition) is 1. The van der Waals surface area contributed by atoms with Gasteiger partial charge in [0, 0.05) is 38.4 Å². The molecule has 24 heavy (non-hydrogen) atoms. The highest BCUT2D eigenvalue weighted by atomic mass is 16.5. The van der Waals surface area contributed by atoms with Gasteiger partial charge in [-0.1, -0.05) is 5.16 Å². The molecule has 1 N–H and O–H groups in total. The lowest BCUT2D eigenvalue weighted by Crippen LogP contribution is -2.53. The van der Waals surface area contributed by atoms with Crippen molar-refractivity contribution in [1.29, 1.82) is 0 Å². The minimum absolute atomic E-state index is 0.00313. The van der Waals surface area contributed by atoms with Crippen LogP contribution in [0.3, 0.4) is 0 Å². The Kier molecular flexibility index (Phi) is 3.97. The van der Waals surface area contributed by atoms with Crippen LogP contribution < -0.4 is 0 Å². The maximum Gasteiger partial charge on any atom is 0.257 e. The first kappa shape index (κ1) is 15.5. The van der Waals surface area contributed by atoms with Crippen molar-refractivity contribution in [3.05, 3.63) is 23.5 Å². The van der Waals surface area contributed by atoms with Crippen LogP contribution in [0, 0.1) is 6.92 Å². The van der Waals surface area contributed by atoms with Gasteiger partial charge in [-0.2, -0.15) is 0 Å². The molecule has 2 atom stereocenters. The lowest BCUT2D eigenvalue weighted by Gasteiger charge is -2.39. The quantitative estimate of drug-likeness (QED) is 0.891. The van der Waals surface area contributed by atoms with Crippen molar-refractivity contribution in [2.75, 3.05) is 26.2 Å². The molecule has 2 fully saturated rings. The topological polar surface area (TPSA) is 82.7 Å². The molecule has 1 saturated heterocycles. The van der Waals surface area contributed by atoms with Crippen molar-refractivity contribution in [3.63, 3.8) is 0 Å². The third-order valence-electron chi connectivity index (χ3n) is 5.27. The zero-order valence-corrected chi connectivity index (χ0v) is 13.8. The maximum atomic E-state index is 12.7. The number of hydrogen-bond acceptors (Lipinski definition) is 6. The summed E-state index contributed by atoms with van der Waals surface area (Å²) in [7, 11) is 0. The van der Waals surface area contributed by atoms with Gasteiger partial charge in [0.1, 0.15) is 0 Å². The van der Waals surface area contributed by atoms with E-state index in [1.165, 1.54) is 0 Å². The molecule has 7 nitrogen and oxygen atoms in total. The fourth-order valence-corrected chi connectivity index (χ4v) is 3.85. The predicted molar refractivity (Wildman–Crippen MR) is 87.7 cm³/mol. The second-order valence-corrected chi connectivity index (χ2v) is 6.74. The number of aromatic nitrogens is 2. The molecule has 0 bridgehead atoms. The Morgan fingerprint density at radius 3 is 2.79 bits per heavy atom. The molecule has 1 aliphatic carbocycles. The summed E-state index contributed by atoms with van der Waals surface area (Å²) in [5, 5.41) is 14.7. The van der Waals surface area contributed by atoms with E-state index in [0.29, 0.717) is 24.4 Å². The molecule has 1 aliphatic heterocycles. The molecular formula is C17H22N4O3. The lowest BCUT2D eigenvalue weighted by atomic mass is 10.1. The van der Waals surface area contributed by atoms with E-state index in [-0.39, 0.29) is 18.1 Å².